The summed E-state index contributed by atoms with van der Waals surface area (Å²) in [4.78, 5) is 53.5. The number of benzene rings is 1. The Bertz CT molecular complexity index is 1270. The third-order valence-corrected chi connectivity index (χ3v) is 7.62. The van der Waals surface area contributed by atoms with Gasteiger partial charge in [-0.3, -0.25) is 24.1 Å². The van der Waals surface area contributed by atoms with Crippen LogP contribution in [0.3, 0.4) is 0 Å². The van der Waals surface area contributed by atoms with E-state index in [4.69, 9.17) is 9.47 Å². The van der Waals surface area contributed by atoms with Crippen molar-refractivity contribution in [2.24, 2.45) is 17.8 Å². The lowest BCUT2D eigenvalue weighted by molar-refractivity contribution is -0.138. The van der Waals surface area contributed by atoms with E-state index in [-0.39, 0.29) is 35.6 Å². The van der Waals surface area contributed by atoms with Crippen molar-refractivity contribution in [2.75, 3.05) is 21.3 Å². The minimum Gasteiger partial charge on any atom is -0.507 e. The second-order valence-electron chi connectivity index (χ2n) is 9.23. The van der Waals surface area contributed by atoms with E-state index in [1.807, 2.05) is 6.08 Å². The zero-order valence-electron chi connectivity index (χ0n) is 19.4. The van der Waals surface area contributed by atoms with Gasteiger partial charge in [0.2, 0.25) is 11.8 Å². The van der Waals surface area contributed by atoms with Crippen molar-refractivity contribution >= 4 is 23.4 Å². The SMILES string of the molecule is COc1cc(O)c(C2C3=CCC4C(=O)N(C)C(=O)C4C3CC3=C2C(=O)C=C(C)C3=O)c(OC)c1. The van der Waals surface area contributed by atoms with Gasteiger partial charge < -0.3 is 14.6 Å². The van der Waals surface area contributed by atoms with E-state index < -0.39 is 23.7 Å². The summed E-state index contributed by atoms with van der Waals surface area (Å²) in [7, 11) is 4.39. The van der Waals surface area contributed by atoms with Gasteiger partial charge in [0.15, 0.2) is 11.6 Å². The molecule has 8 nitrogen and oxygen atoms in total. The van der Waals surface area contributed by atoms with Crippen molar-refractivity contribution in [3.63, 3.8) is 0 Å². The van der Waals surface area contributed by atoms with Gasteiger partial charge in [-0.05, 0) is 31.8 Å². The molecule has 0 bridgehead atoms. The molecule has 176 valence electrons. The Labute approximate surface area is 196 Å². The van der Waals surface area contributed by atoms with E-state index in [1.165, 1.54) is 33.4 Å². The van der Waals surface area contributed by atoms with E-state index in [0.29, 0.717) is 40.2 Å². The van der Waals surface area contributed by atoms with Crippen molar-refractivity contribution in [1.82, 2.24) is 4.90 Å². The Morgan fingerprint density at radius 1 is 1.03 bits per heavy atom. The number of rotatable bonds is 3. The van der Waals surface area contributed by atoms with E-state index >= 15 is 0 Å². The number of methoxy groups -OCH3 is 2. The molecule has 8 heteroatoms. The topological polar surface area (TPSA) is 110 Å². The summed E-state index contributed by atoms with van der Waals surface area (Å²) in [5.74, 6) is -2.88. The molecule has 1 heterocycles. The van der Waals surface area contributed by atoms with Gasteiger partial charge in [-0.1, -0.05) is 11.6 Å². The van der Waals surface area contributed by atoms with Crippen molar-refractivity contribution in [2.45, 2.75) is 25.7 Å². The lowest BCUT2D eigenvalue weighted by Crippen LogP contribution is -2.39. The van der Waals surface area contributed by atoms with E-state index in [2.05, 4.69) is 0 Å². The standard InChI is InChI=1S/C26H25NO7/c1-11-7-17(28)21-16(24(11)30)10-15-13(5-6-14-20(15)26(32)27(2)25(14)31)22(21)23-18(29)8-12(33-3)9-19(23)34-4/h5,7-9,14-15,20,22,29H,6,10H2,1-4H3. The second-order valence-corrected chi connectivity index (χ2v) is 9.23. The first kappa shape index (κ1) is 22.1. The lowest BCUT2D eigenvalue weighted by Gasteiger charge is -2.42. The summed E-state index contributed by atoms with van der Waals surface area (Å²) in [6.07, 6.45) is 3.77. The van der Waals surface area contributed by atoms with Gasteiger partial charge in [0.1, 0.15) is 17.2 Å². The summed E-state index contributed by atoms with van der Waals surface area (Å²) in [6.45, 7) is 1.59. The summed E-state index contributed by atoms with van der Waals surface area (Å²) in [5, 5.41) is 11.0. The van der Waals surface area contributed by atoms with Gasteiger partial charge in [-0.2, -0.15) is 0 Å². The first-order valence-corrected chi connectivity index (χ1v) is 11.2. The van der Waals surface area contributed by atoms with Crippen LogP contribution in [-0.2, 0) is 19.2 Å². The number of carbonyl (C=O) groups is 4. The molecule has 4 aliphatic rings. The third-order valence-electron chi connectivity index (χ3n) is 7.62. The van der Waals surface area contributed by atoms with Crippen molar-refractivity contribution < 1.29 is 33.8 Å². The van der Waals surface area contributed by atoms with Crippen LogP contribution in [0.5, 0.6) is 17.2 Å². The fourth-order valence-corrected chi connectivity index (χ4v) is 6.04. The molecule has 2 amide bonds. The Balaban J connectivity index is 1.77. The Kier molecular flexibility index (Phi) is 5.00. The number of hydrogen-bond donors (Lipinski definition) is 1. The van der Waals surface area contributed by atoms with Crippen LogP contribution in [0.1, 0.15) is 31.2 Å². The highest BCUT2D eigenvalue weighted by molar-refractivity contribution is 6.23. The van der Waals surface area contributed by atoms with Crippen molar-refractivity contribution in [3.05, 3.63) is 52.1 Å². The van der Waals surface area contributed by atoms with Gasteiger partial charge in [0.25, 0.3) is 0 Å². The number of allylic oxidation sites excluding steroid dienone is 6. The fraction of sp³-hybridized carbons (Fsp3) is 0.385. The van der Waals surface area contributed by atoms with E-state index in [9.17, 15) is 24.3 Å². The number of hydrogen-bond acceptors (Lipinski definition) is 7. The monoisotopic (exact) mass is 463 g/mol. The highest BCUT2D eigenvalue weighted by atomic mass is 16.5. The maximum Gasteiger partial charge on any atom is 0.233 e. The molecule has 0 radical (unpaired) electrons. The summed E-state index contributed by atoms with van der Waals surface area (Å²) in [6, 6.07) is 3.04. The molecule has 1 N–H and O–H groups in total. The number of ether oxygens (including phenoxy) is 2. The lowest BCUT2D eigenvalue weighted by atomic mass is 9.59. The molecule has 3 aliphatic carbocycles. The van der Waals surface area contributed by atoms with Crippen molar-refractivity contribution in [1.29, 1.82) is 0 Å². The smallest absolute Gasteiger partial charge is 0.233 e. The molecule has 0 saturated carbocycles. The molecule has 0 aromatic heterocycles. The average Bonchev–Trinajstić information content (AvgIpc) is 3.05. The van der Waals surface area contributed by atoms with Crippen LogP contribution < -0.4 is 9.47 Å². The minimum atomic E-state index is -0.787. The third kappa shape index (κ3) is 2.90. The van der Waals surface area contributed by atoms with Crippen LogP contribution in [0, 0.1) is 17.8 Å². The van der Waals surface area contributed by atoms with Crippen LogP contribution in [0.25, 0.3) is 0 Å². The molecule has 4 unspecified atom stereocenters. The molecule has 1 aliphatic heterocycles. The molecular weight excluding hydrogens is 438 g/mol. The van der Waals surface area contributed by atoms with Crippen molar-refractivity contribution in [3.8, 4) is 17.2 Å². The molecule has 0 spiro atoms. The Hall–Kier alpha value is -3.68. The number of ketones is 2. The molecule has 1 aromatic rings. The first-order chi connectivity index (χ1) is 16.2. The molecule has 4 atom stereocenters. The first-order valence-electron chi connectivity index (χ1n) is 11.2. The molecule has 1 aromatic carbocycles. The van der Waals surface area contributed by atoms with Crippen LogP contribution in [0.4, 0.5) is 0 Å². The van der Waals surface area contributed by atoms with E-state index in [1.54, 1.807) is 13.0 Å². The number of carbonyl (C=O) groups excluding carboxylic acids is 4. The largest absolute Gasteiger partial charge is 0.507 e. The van der Waals surface area contributed by atoms with Gasteiger partial charge in [-0.25, -0.2) is 0 Å². The number of imide groups is 1. The summed E-state index contributed by atoms with van der Waals surface area (Å²) in [5.41, 5.74) is 2.05. The average molecular weight is 463 g/mol. The van der Waals surface area contributed by atoms with Gasteiger partial charge in [-0.15, -0.1) is 0 Å². The number of likely N-dealkylation sites (tertiary alicyclic amines) is 1. The highest BCUT2D eigenvalue weighted by Crippen LogP contribution is 2.57. The molecular formula is C26H25NO7. The van der Waals surface area contributed by atoms with Gasteiger partial charge >= 0.3 is 0 Å². The van der Waals surface area contributed by atoms with Crippen LogP contribution >= 0.6 is 0 Å². The van der Waals surface area contributed by atoms with Gasteiger partial charge in [0.05, 0.1) is 26.1 Å². The highest BCUT2D eigenvalue weighted by Gasteiger charge is 2.55. The fourth-order valence-electron chi connectivity index (χ4n) is 6.04. The number of Topliss-reactive ketones (excluding diaryl/α,β-unsaturated/α-hetero) is 1. The number of phenols is 1. The maximum atomic E-state index is 13.3. The quantitative estimate of drug-likeness (QED) is 0.417. The number of amides is 2. The minimum absolute atomic E-state index is 0.144. The maximum absolute atomic E-state index is 13.3. The molecule has 1 saturated heterocycles. The Morgan fingerprint density at radius 2 is 1.76 bits per heavy atom. The van der Waals surface area contributed by atoms with Gasteiger partial charge in [0, 0.05) is 47.4 Å². The Morgan fingerprint density at radius 3 is 2.44 bits per heavy atom. The van der Waals surface area contributed by atoms with Crippen LogP contribution in [0.2, 0.25) is 0 Å². The number of fused-ring (bicyclic) bond motifs is 3. The number of nitrogens with zero attached hydrogens (tertiary/aromatic N) is 1. The predicted octanol–water partition coefficient (Wildman–Crippen LogP) is 2.47. The normalized spacial score (nSPS) is 28.3. The van der Waals surface area contributed by atoms with Crippen LogP contribution in [-0.4, -0.2) is 54.7 Å². The molecule has 1 fully saturated rings. The number of phenolic OH excluding ortho intramolecular Hbond substituents is 1. The summed E-state index contributed by atoms with van der Waals surface area (Å²) < 4.78 is 10.8. The second kappa shape index (κ2) is 7.68. The number of aromatic hydroxyl groups is 1. The zero-order chi connectivity index (χ0) is 24.5. The molecule has 34 heavy (non-hydrogen) atoms. The predicted molar refractivity (Wildman–Crippen MR) is 120 cm³/mol. The summed E-state index contributed by atoms with van der Waals surface area (Å²) >= 11 is 0. The van der Waals surface area contributed by atoms with Crippen LogP contribution in [0.15, 0.2) is 46.6 Å². The zero-order valence-corrected chi connectivity index (χ0v) is 19.4. The molecule has 5 rings (SSSR count). The van der Waals surface area contributed by atoms with E-state index in [0.717, 1.165) is 10.5 Å².